The molecule has 0 aliphatic rings. The van der Waals surface area contributed by atoms with Gasteiger partial charge in [0.25, 0.3) is 0 Å². The third-order valence-corrected chi connectivity index (χ3v) is 1.73. The first kappa shape index (κ1) is 9.32. The van der Waals surface area contributed by atoms with Crippen LogP contribution in [0.25, 0.3) is 0 Å². The van der Waals surface area contributed by atoms with E-state index < -0.39 is 0 Å². The Morgan fingerprint density at radius 1 is 1.22 bits per heavy atom. The summed E-state index contributed by atoms with van der Waals surface area (Å²) in [7, 11) is 0. The molecule has 0 heterocycles. The Balaban J connectivity index is 0.000000640. The fraction of sp³-hybridized carbons (Fsp3) is 0. The van der Waals surface area contributed by atoms with Gasteiger partial charge in [0.05, 0.1) is 0 Å². The molecule has 1 aromatic rings. The zero-order chi connectivity index (χ0) is 5.98. The van der Waals surface area contributed by atoms with Crippen LogP contribution in [0.3, 0.4) is 0 Å². The molecule has 0 fully saturated rings. The minimum atomic E-state index is 0. The zero-order valence-corrected chi connectivity index (χ0v) is 9.65. The minimum absolute atomic E-state index is 0. The Hall–Kier alpha value is 0.323. The molecule has 1 aromatic carbocycles. The molecule has 1 rings (SSSR count). The normalized spacial score (nSPS) is 8.22. The van der Waals surface area contributed by atoms with Crippen molar-refractivity contribution in [2.75, 3.05) is 0 Å². The van der Waals surface area contributed by atoms with E-state index in [-0.39, 0.29) is 19.5 Å². The molecule has 0 nitrogen and oxygen atoms in total. The van der Waals surface area contributed by atoms with E-state index in [1.165, 1.54) is 0 Å². The zero-order valence-electron chi connectivity index (χ0n) is 5.10. The van der Waals surface area contributed by atoms with Crippen LogP contribution in [0.15, 0.2) is 28.7 Å². The van der Waals surface area contributed by atoms with Gasteiger partial charge >= 0.3 is 0 Å². The molecule has 0 spiro atoms. The van der Waals surface area contributed by atoms with Crippen LogP contribution in [0.5, 0.6) is 0 Å². The van der Waals surface area contributed by atoms with E-state index in [1.807, 2.05) is 24.3 Å². The van der Waals surface area contributed by atoms with Gasteiger partial charge in [-0.2, -0.15) is 0 Å². The summed E-state index contributed by atoms with van der Waals surface area (Å²) in [5.41, 5.74) is 1.03. The number of benzene rings is 1. The summed E-state index contributed by atoms with van der Waals surface area (Å²) in [6.07, 6.45) is 0. The first-order chi connectivity index (χ1) is 3.80. The average molecular weight is 235 g/mol. The van der Waals surface area contributed by atoms with Crippen molar-refractivity contribution >= 4 is 15.9 Å². The van der Waals surface area contributed by atoms with Crippen LogP contribution in [0.4, 0.5) is 0 Å². The standard InChI is InChI=1S/C7H6Br.Zn/c1-6-4-2-3-5-7(6)8;/h2-5H,1H2;. The maximum absolute atomic E-state index is 3.77. The fourth-order valence-corrected chi connectivity index (χ4v) is 0.783. The Kier molecular flexibility index (Phi) is 4.34. The first-order valence-electron chi connectivity index (χ1n) is 2.37. The molecular weight excluding hydrogens is 229 g/mol. The SMILES string of the molecule is [CH2]c1ccccc1Br.[Zn]. The van der Waals surface area contributed by atoms with E-state index >= 15 is 0 Å². The summed E-state index contributed by atoms with van der Waals surface area (Å²) in [5, 5.41) is 0. The summed E-state index contributed by atoms with van der Waals surface area (Å²) < 4.78 is 1.07. The molecule has 2 heteroatoms. The van der Waals surface area contributed by atoms with Crippen molar-refractivity contribution in [3.05, 3.63) is 41.2 Å². The molecule has 0 unspecified atom stereocenters. The molecule has 0 amide bonds. The van der Waals surface area contributed by atoms with Crippen LogP contribution in [-0.4, -0.2) is 0 Å². The largest absolute Gasteiger partial charge is 0.0619 e. The maximum Gasteiger partial charge on any atom is 0.0207 e. The third kappa shape index (κ3) is 2.60. The quantitative estimate of drug-likeness (QED) is 0.607. The van der Waals surface area contributed by atoms with Crippen molar-refractivity contribution in [1.29, 1.82) is 0 Å². The molecule has 0 bridgehead atoms. The molecule has 9 heavy (non-hydrogen) atoms. The predicted molar refractivity (Wildman–Crippen MR) is 38.6 cm³/mol. The monoisotopic (exact) mass is 233 g/mol. The van der Waals surface area contributed by atoms with E-state index in [0.717, 1.165) is 10.0 Å². The van der Waals surface area contributed by atoms with E-state index in [1.54, 1.807) is 0 Å². The van der Waals surface area contributed by atoms with Gasteiger partial charge in [0.2, 0.25) is 0 Å². The number of rotatable bonds is 0. The Morgan fingerprint density at radius 3 is 2.11 bits per heavy atom. The molecule has 0 atom stereocenters. The van der Waals surface area contributed by atoms with E-state index in [4.69, 9.17) is 0 Å². The Morgan fingerprint density at radius 2 is 1.78 bits per heavy atom. The summed E-state index contributed by atoms with van der Waals surface area (Å²) in [6, 6.07) is 7.87. The number of halogens is 1. The van der Waals surface area contributed by atoms with Gasteiger partial charge in [-0.1, -0.05) is 34.1 Å². The van der Waals surface area contributed by atoms with Crippen molar-refractivity contribution in [3.8, 4) is 0 Å². The number of hydrogen-bond acceptors (Lipinski definition) is 0. The summed E-state index contributed by atoms with van der Waals surface area (Å²) >= 11 is 3.33. The van der Waals surface area contributed by atoms with Crippen molar-refractivity contribution < 1.29 is 19.5 Å². The van der Waals surface area contributed by atoms with Crippen molar-refractivity contribution in [3.63, 3.8) is 0 Å². The second-order valence-corrected chi connectivity index (χ2v) is 2.45. The Labute approximate surface area is 76.5 Å². The molecule has 0 saturated carbocycles. The smallest absolute Gasteiger partial charge is 0.0207 e. The molecule has 0 aromatic heterocycles. The van der Waals surface area contributed by atoms with Gasteiger partial charge in [-0.25, -0.2) is 0 Å². The predicted octanol–water partition coefficient (Wildman–Crippen LogP) is 2.63. The molecule has 0 aliphatic heterocycles. The second kappa shape index (κ2) is 4.19. The van der Waals surface area contributed by atoms with Gasteiger partial charge in [-0.05, 0) is 18.6 Å². The van der Waals surface area contributed by atoms with Gasteiger partial charge < -0.3 is 0 Å². The van der Waals surface area contributed by atoms with Crippen molar-refractivity contribution in [2.45, 2.75) is 0 Å². The van der Waals surface area contributed by atoms with Gasteiger partial charge in [0, 0.05) is 24.0 Å². The molecular formula is C7H6BrZn. The molecule has 0 N–H and O–H groups in total. The van der Waals surface area contributed by atoms with Crippen molar-refractivity contribution in [2.24, 2.45) is 0 Å². The van der Waals surface area contributed by atoms with E-state index in [9.17, 15) is 0 Å². The van der Waals surface area contributed by atoms with Crippen LogP contribution < -0.4 is 0 Å². The molecule has 43 valence electrons. The first-order valence-corrected chi connectivity index (χ1v) is 3.16. The van der Waals surface area contributed by atoms with Gasteiger partial charge in [-0.15, -0.1) is 0 Å². The minimum Gasteiger partial charge on any atom is -0.0619 e. The molecule has 0 aliphatic carbocycles. The third-order valence-electron chi connectivity index (χ3n) is 0.958. The van der Waals surface area contributed by atoms with Gasteiger partial charge in [-0.3, -0.25) is 0 Å². The average Bonchev–Trinajstić information content (AvgIpc) is 1.77. The maximum atomic E-state index is 3.77. The second-order valence-electron chi connectivity index (χ2n) is 1.59. The van der Waals surface area contributed by atoms with E-state index in [0.29, 0.717) is 0 Å². The van der Waals surface area contributed by atoms with Crippen LogP contribution in [-0.2, 0) is 19.5 Å². The van der Waals surface area contributed by atoms with Crippen molar-refractivity contribution in [1.82, 2.24) is 0 Å². The topological polar surface area (TPSA) is 0 Å². The van der Waals surface area contributed by atoms with Crippen LogP contribution >= 0.6 is 15.9 Å². The molecule has 0 saturated heterocycles. The van der Waals surface area contributed by atoms with E-state index in [2.05, 4.69) is 22.9 Å². The molecule has 1 radical (unpaired) electrons. The van der Waals surface area contributed by atoms with Crippen LogP contribution in [0, 0.1) is 6.92 Å². The number of hydrogen-bond donors (Lipinski definition) is 0. The van der Waals surface area contributed by atoms with Crippen LogP contribution in [0.1, 0.15) is 5.56 Å². The summed E-state index contributed by atoms with van der Waals surface area (Å²) in [6.45, 7) is 3.77. The van der Waals surface area contributed by atoms with Crippen LogP contribution in [0.2, 0.25) is 0 Å². The summed E-state index contributed by atoms with van der Waals surface area (Å²) in [5.74, 6) is 0. The Bertz CT molecular complexity index is 165. The summed E-state index contributed by atoms with van der Waals surface area (Å²) in [4.78, 5) is 0. The van der Waals surface area contributed by atoms with Gasteiger partial charge in [0.15, 0.2) is 0 Å². The van der Waals surface area contributed by atoms with Gasteiger partial charge in [0.1, 0.15) is 0 Å². The fourth-order valence-electron chi connectivity index (χ4n) is 0.498.